The van der Waals surface area contributed by atoms with E-state index in [0.29, 0.717) is 17.1 Å². The molecule has 2 rings (SSSR count). The van der Waals surface area contributed by atoms with Gasteiger partial charge in [-0.15, -0.1) is 0 Å². The first-order valence-electron chi connectivity index (χ1n) is 7.14. The van der Waals surface area contributed by atoms with Crippen LogP contribution in [0.4, 0.5) is 5.69 Å². The van der Waals surface area contributed by atoms with Gasteiger partial charge in [0.2, 0.25) is 0 Å². The van der Waals surface area contributed by atoms with E-state index in [1.165, 1.54) is 18.2 Å². The second kappa shape index (κ2) is 6.21. The Balaban J connectivity index is 2.51. The van der Waals surface area contributed by atoms with Crippen LogP contribution in [0.25, 0.3) is 0 Å². The number of aryl methyl sites for hydroxylation is 2. The van der Waals surface area contributed by atoms with Gasteiger partial charge in [-0.05, 0) is 39.0 Å². The van der Waals surface area contributed by atoms with Gasteiger partial charge in [0.15, 0.2) is 19.7 Å². The third-order valence-electron chi connectivity index (χ3n) is 3.67. The highest BCUT2D eigenvalue weighted by atomic mass is 32.2. The average Bonchev–Trinajstić information content (AvgIpc) is 2.76. The van der Waals surface area contributed by atoms with Crippen LogP contribution in [0.1, 0.15) is 30.0 Å². The quantitative estimate of drug-likeness (QED) is 0.858. The van der Waals surface area contributed by atoms with Crippen LogP contribution in [0.2, 0.25) is 0 Å². The molecule has 1 atom stereocenters. The molecule has 0 fully saturated rings. The molecular weight excluding hydrogens is 352 g/mol. The van der Waals surface area contributed by atoms with Gasteiger partial charge in [0.25, 0.3) is 0 Å². The zero-order valence-electron chi connectivity index (χ0n) is 14.1. The van der Waals surface area contributed by atoms with Gasteiger partial charge >= 0.3 is 0 Å². The number of aromatic nitrogens is 1. The number of benzene rings is 1. The first kappa shape index (κ1) is 18.5. The molecule has 0 amide bonds. The highest BCUT2D eigenvalue weighted by Crippen LogP contribution is 2.30. The average molecular weight is 372 g/mol. The minimum absolute atomic E-state index is 0.0431. The smallest absolute Gasteiger partial charge is 0.177 e. The van der Waals surface area contributed by atoms with Crippen molar-refractivity contribution in [3.05, 3.63) is 35.2 Å². The molecule has 9 heteroatoms. The zero-order chi connectivity index (χ0) is 18.3. The molecule has 24 heavy (non-hydrogen) atoms. The van der Waals surface area contributed by atoms with Crippen LogP contribution in [-0.2, 0) is 19.7 Å². The standard InChI is InChI=1S/C15H20N2O5S2/c1-9(15-10(2)17-22-11(15)3)16-13-7-6-12(23(4,18)19)8-14(13)24(5,20)21/h6-9,16H,1-5H3. The van der Waals surface area contributed by atoms with Crippen LogP contribution >= 0.6 is 0 Å². The molecule has 0 spiro atoms. The van der Waals surface area contributed by atoms with E-state index in [1.807, 2.05) is 6.92 Å². The molecule has 1 aromatic heterocycles. The van der Waals surface area contributed by atoms with Crippen molar-refractivity contribution in [2.24, 2.45) is 0 Å². The van der Waals surface area contributed by atoms with Crippen LogP contribution in [0.3, 0.4) is 0 Å². The first-order valence-corrected chi connectivity index (χ1v) is 10.9. The Kier molecular flexibility index (Phi) is 4.78. The lowest BCUT2D eigenvalue weighted by Crippen LogP contribution is -2.12. The summed E-state index contributed by atoms with van der Waals surface area (Å²) in [7, 11) is -7.12. The zero-order valence-corrected chi connectivity index (χ0v) is 15.7. The van der Waals surface area contributed by atoms with E-state index >= 15 is 0 Å². The van der Waals surface area contributed by atoms with Gasteiger partial charge in [0, 0.05) is 18.1 Å². The summed E-state index contributed by atoms with van der Waals surface area (Å²) in [4.78, 5) is -0.109. The summed E-state index contributed by atoms with van der Waals surface area (Å²) in [5.74, 6) is 0.640. The van der Waals surface area contributed by atoms with Gasteiger partial charge in [-0.25, -0.2) is 16.8 Å². The van der Waals surface area contributed by atoms with Crippen LogP contribution in [0, 0.1) is 13.8 Å². The van der Waals surface area contributed by atoms with Crippen LogP contribution in [0.5, 0.6) is 0 Å². The Labute approximate surface area is 141 Å². The SMILES string of the molecule is Cc1noc(C)c1C(C)Nc1ccc(S(C)(=O)=O)cc1S(C)(=O)=O. The van der Waals surface area contributed by atoms with Crippen molar-refractivity contribution < 1.29 is 21.4 Å². The Morgan fingerprint density at radius 3 is 2.17 bits per heavy atom. The molecule has 0 radical (unpaired) electrons. The third kappa shape index (κ3) is 3.78. The van der Waals surface area contributed by atoms with Crippen LogP contribution in [-0.4, -0.2) is 34.5 Å². The van der Waals surface area contributed by atoms with E-state index in [1.54, 1.807) is 13.8 Å². The molecular formula is C15H20N2O5S2. The predicted molar refractivity (Wildman–Crippen MR) is 90.7 cm³/mol. The molecule has 1 aromatic carbocycles. The minimum atomic E-state index is -3.62. The summed E-state index contributed by atoms with van der Waals surface area (Å²) < 4.78 is 52.6. The lowest BCUT2D eigenvalue weighted by atomic mass is 10.1. The maximum Gasteiger partial charge on any atom is 0.177 e. The lowest BCUT2D eigenvalue weighted by Gasteiger charge is -2.18. The molecule has 7 nitrogen and oxygen atoms in total. The second-order valence-electron chi connectivity index (χ2n) is 5.81. The fraction of sp³-hybridized carbons (Fsp3) is 0.400. The topological polar surface area (TPSA) is 106 Å². The second-order valence-corrected chi connectivity index (χ2v) is 9.81. The van der Waals surface area contributed by atoms with Crippen LogP contribution < -0.4 is 5.32 Å². The monoisotopic (exact) mass is 372 g/mol. The van der Waals surface area contributed by atoms with Crippen molar-refractivity contribution in [3.8, 4) is 0 Å². The fourth-order valence-corrected chi connectivity index (χ4v) is 4.16. The van der Waals surface area contributed by atoms with Gasteiger partial charge in [0.1, 0.15) is 5.76 Å². The summed E-state index contributed by atoms with van der Waals surface area (Å²) >= 11 is 0. The number of sulfone groups is 2. The van der Waals surface area contributed by atoms with E-state index in [9.17, 15) is 16.8 Å². The summed E-state index contributed by atoms with van der Waals surface area (Å²) in [6.07, 6.45) is 2.08. The number of nitrogens with one attached hydrogen (secondary N) is 1. The Bertz CT molecular complexity index is 956. The van der Waals surface area contributed by atoms with Crippen molar-refractivity contribution in [2.75, 3.05) is 17.8 Å². The number of rotatable bonds is 5. The summed E-state index contributed by atoms with van der Waals surface area (Å²) in [5.41, 5.74) is 1.88. The van der Waals surface area contributed by atoms with Crippen molar-refractivity contribution in [3.63, 3.8) is 0 Å². The van der Waals surface area contributed by atoms with Crippen molar-refractivity contribution >= 4 is 25.4 Å². The molecule has 0 aliphatic carbocycles. The molecule has 2 aromatic rings. The molecule has 132 valence electrons. The van der Waals surface area contributed by atoms with Crippen molar-refractivity contribution in [2.45, 2.75) is 36.6 Å². The number of nitrogens with zero attached hydrogens (tertiary/aromatic N) is 1. The number of hydrogen-bond acceptors (Lipinski definition) is 7. The van der Waals surface area contributed by atoms with E-state index in [0.717, 1.165) is 18.1 Å². The number of anilines is 1. The fourth-order valence-electron chi connectivity index (χ4n) is 2.57. The molecule has 0 saturated carbocycles. The predicted octanol–water partition coefficient (Wildman–Crippen LogP) is 2.27. The molecule has 1 N–H and O–H groups in total. The van der Waals surface area contributed by atoms with Gasteiger partial charge in [-0.3, -0.25) is 0 Å². The highest BCUT2D eigenvalue weighted by molar-refractivity contribution is 7.91. The normalized spacial score (nSPS) is 13.7. The van der Waals surface area contributed by atoms with E-state index in [-0.39, 0.29) is 15.8 Å². The Morgan fingerprint density at radius 2 is 1.71 bits per heavy atom. The van der Waals surface area contributed by atoms with E-state index < -0.39 is 19.7 Å². The Hall–Kier alpha value is -1.87. The van der Waals surface area contributed by atoms with E-state index in [2.05, 4.69) is 10.5 Å². The third-order valence-corrected chi connectivity index (χ3v) is 5.92. The summed E-state index contributed by atoms with van der Waals surface area (Å²) in [6.45, 7) is 5.43. The van der Waals surface area contributed by atoms with Gasteiger partial charge in [-0.2, -0.15) is 0 Å². The Morgan fingerprint density at radius 1 is 1.08 bits per heavy atom. The van der Waals surface area contributed by atoms with Crippen LogP contribution in [0.15, 0.2) is 32.5 Å². The molecule has 1 heterocycles. The molecule has 1 unspecified atom stereocenters. The maximum absolute atomic E-state index is 12.1. The molecule has 0 saturated heterocycles. The molecule has 0 bridgehead atoms. The summed E-state index contributed by atoms with van der Waals surface area (Å²) in [6, 6.07) is 3.75. The van der Waals surface area contributed by atoms with Gasteiger partial charge in [0.05, 0.1) is 27.2 Å². The highest BCUT2D eigenvalue weighted by Gasteiger charge is 2.21. The van der Waals surface area contributed by atoms with Crippen molar-refractivity contribution in [1.82, 2.24) is 5.16 Å². The molecule has 0 aliphatic rings. The maximum atomic E-state index is 12.1. The summed E-state index contributed by atoms with van der Waals surface area (Å²) in [5, 5.41) is 6.99. The van der Waals surface area contributed by atoms with E-state index in [4.69, 9.17) is 4.52 Å². The first-order chi connectivity index (χ1) is 10.9. The molecule has 0 aliphatic heterocycles. The van der Waals surface area contributed by atoms with Gasteiger partial charge < -0.3 is 9.84 Å². The van der Waals surface area contributed by atoms with Gasteiger partial charge in [-0.1, -0.05) is 5.16 Å². The lowest BCUT2D eigenvalue weighted by molar-refractivity contribution is 0.392. The largest absolute Gasteiger partial charge is 0.377 e. The number of hydrogen-bond donors (Lipinski definition) is 1. The van der Waals surface area contributed by atoms with Crippen molar-refractivity contribution in [1.29, 1.82) is 0 Å². The minimum Gasteiger partial charge on any atom is -0.377 e.